The Kier molecular flexibility index (Phi) is 8.63. The first-order valence-electron chi connectivity index (χ1n) is 10.3. The van der Waals surface area contributed by atoms with E-state index < -0.39 is 11.7 Å². The first kappa shape index (κ1) is 23.9. The van der Waals surface area contributed by atoms with E-state index in [1.807, 2.05) is 42.3 Å². The summed E-state index contributed by atoms with van der Waals surface area (Å²) in [5.74, 6) is 1.32. The Morgan fingerprint density at radius 3 is 2.35 bits per heavy atom. The van der Waals surface area contributed by atoms with E-state index in [0.717, 1.165) is 41.0 Å². The van der Waals surface area contributed by atoms with Gasteiger partial charge in [-0.2, -0.15) is 13.2 Å². The first-order valence-corrected chi connectivity index (χ1v) is 11.7. The van der Waals surface area contributed by atoms with Crippen molar-refractivity contribution < 1.29 is 17.9 Å². The van der Waals surface area contributed by atoms with Crippen LogP contribution in [0.3, 0.4) is 0 Å². The predicted octanol–water partition coefficient (Wildman–Crippen LogP) is 6.22. The molecule has 0 N–H and O–H groups in total. The van der Waals surface area contributed by atoms with Gasteiger partial charge < -0.3 is 9.64 Å². The van der Waals surface area contributed by atoms with E-state index in [9.17, 15) is 13.2 Å². The number of alkyl halides is 3. The number of ether oxygens (including phenoxy) is 1. The molecule has 3 nitrogen and oxygen atoms in total. The number of hydrogen-bond acceptors (Lipinski definition) is 4. The van der Waals surface area contributed by atoms with E-state index in [0.29, 0.717) is 18.7 Å². The van der Waals surface area contributed by atoms with Crippen molar-refractivity contribution in [2.45, 2.75) is 31.5 Å². The molecule has 31 heavy (non-hydrogen) atoms. The van der Waals surface area contributed by atoms with E-state index in [2.05, 4.69) is 4.90 Å². The quantitative estimate of drug-likeness (QED) is 0.426. The molecule has 0 bridgehead atoms. The highest BCUT2D eigenvalue weighted by Gasteiger charge is 2.30. The van der Waals surface area contributed by atoms with Gasteiger partial charge in [0.05, 0.1) is 11.4 Å². The van der Waals surface area contributed by atoms with Gasteiger partial charge in [-0.3, -0.25) is 4.90 Å². The second-order valence-corrected chi connectivity index (χ2v) is 9.19. The molecule has 0 aliphatic carbocycles. The van der Waals surface area contributed by atoms with Gasteiger partial charge in [-0.05, 0) is 55.8 Å². The van der Waals surface area contributed by atoms with Crippen molar-refractivity contribution in [2.24, 2.45) is 0 Å². The molecule has 0 amide bonds. The molecule has 2 aromatic carbocycles. The molecule has 1 atom stereocenters. The lowest BCUT2D eigenvalue weighted by atomic mass is 10.1. The number of thioether (sulfide) groups is 1. The van der Waals surface area contributed by atoms with Crippen LogP contribution < -0.4 is 4.74 Å². The van der Waals surface area contributed by atoms with E-state index >= 15 is 0 Å². The molecule has 0 radical (unpaired) electrons. The van der Waals surface area contributed by atoms with Crippen LogP contribution in [0.1, 0.15) is 36.5 Å². The fraction of sp³-hybridized carbons (Fsp3) is 0.435. The Morgan fingerprint density at radius 1 is 1.10 bits per heavy atom. The number of rotatable bonds is 8. The maximum absolute atomic E-state index is 12.8. The van der Waals surface area contributed by atoms with Gasteiger partial charge in [0.25, 0.3) is 0 Å². The van der Waals surface area contributed by atoms with Gasteiger partial charge in [0.15, 0.2) is 0 Å². The Labute approximate surface area is 191 Å². The van der Waals surface area contributed by atoms with Crippen LogP contribution in [-0.2, 0) is 6.18 Å². The van der Waals surface area contributed by atoms with Crippen molar-refractivity contribution in [1.29, 1.82) is 0 Å². The lowest BCUT2D eigenvalue weighted by Crippen LogP contribution is -2.28. The van der Waals surface area contributed by atoms with Crippen molar-refractivity contribution in [3.63, 3.8) is 0 Å². The molecule has 1 aliphatic heterocycles. The largest absolute Gasteiger partial charge is 0.486 e. The fourth-order valence-electron chi connectivity index (χ4n) is 3.42. The molecule has 2 aromatic rings. The van der Waals surface area contributed by atoms with Crippen molar-refractivity contribution in [3.8, 4) is 5.75 Å². The third-order valence-electron chi connectivity index (χ3n) is 5.24. The average Bonchev–Trinajstić information content (AvgIpc) is 3.28. The highest BCUT2D eigenvalue weighted by molar-refractivity contribution is 8.22. The molecule has 0 aromatic heterocycles. The molecule has 1 heterocycles. The summed E-state index contributed by atoms with van der Waals surface area (Å²) in [4.78, 5) is 4.45. The highest BCUT2D eigenvalue weighted by Crippen LogP contribution is 2.32. The zero-order valence-corrected chi connectivity index (χ0v) is 19.1. The van der Waals surface area contributed by atoms with Crippen LogP contribution in [0.25, 0.3) is 0 Å². The van der Waals surface area contributed by atoms with Crippen LogP contribution >= 0.6 is 24.0 Å². The minimum Gasteiger partial charge on any atom is -0.486 e. The number of hydrogen-bond donors (Lipinski definition) is 0. The Hall–Kier alpha value is -1.77. The summed E-state index contributed by atoms with van der Waals surface area (Å²) in [6.45, 7) is 2.96. The number of nitrogens with zero attached hydrogens (tertiary/aromatic N) is 2. The van der Waals surface area contributed by atoms with Gasteiger partial charge in [-0.15, -0.1) is 0 Å². The van der Waals surface area contributed by atoms with Crippen molar-refractivity contribution in [1.82, 2.24) is 9.80 Å². The van der Waals surface area contributed by atoms with Gasteiger partial charge in [0.1, 0.15) is 16.2 Å². The van der Waals surface area contributed by atoms with E-state index in [-0.39, 0.29) is 6.10 Å². The van der Waals surface area contributed by atoms with Crippen LogP contribution in [0, 0.1) is 0 Å². The summed E-state index contributed by atoms with van der Waals surface area (Å²) < 4.78 is 45.4. The number of halogens is 3. The predicted molar refractivity (Wildman–Crippen MR) is 124 cm³/mol. The summed E-state index contributed by atoms with van der Waals surface area (Å²) >= 11 is 7.25. The van der Waals surface area contributed by atoms with Gasteiger partial charge in [0, 0.05) is 20.0 Å². The summed E-state index contributed by atoms with van der Waals surface area (Å²) in [6.07, 6.45) is -1.48. The van der Waals surface area contributed by atoms with Crippen LogP contribution in [0.2, 0.25) is 0 Å². The lowest BCUT2D eigenvalue weighted by molar-refractivity contribution is -0.137. The fourth-order valence-corrected chi connectivity index (χ4v) is 4.53. The molecule has 0 spiro atoms. The first-order chi connectivity index (χ1) is 14.8. The normalized spacial score (nSPS) is 15.6. The van der Waals surface area contributed by atoms with E-state index in [4.69, 9.17) is 17.0 Å². The van der Waals surface area contributed by atoms with Gasteiger partial charge in [0.2, 0.25) is 0 Å². The van der Waals surface area contributed by atoms with E-state index in [1.54, 1.807) is 11.8 Å². The maximum Gasteiger partial charge on any atom is 0.416 e. The van der Waals surface area contributed by atoms with Gasteiger partial charge >= 0.3 is 6.18 Å². The van der Waals surface area contributed by atoms with E-state index in [1.165, 1.54) is 25.0 Å². The molecule has 168 valence electrons. The minimum absolute atomic E-state index is 0.285. The van der Waals surface area contributed by atoms with Crippen LogP contribution in [0.4, 0.5) is 13.2 Å². The Balaban J connectivity index is 1.59. The smallest absolute Gasteiger partial charge is 0.416 e. The molecule has 8 heteroatoms. The molecule has 3 rings (SSSR count). The Bertz CT molecular complexity index is 825. The second-order valence-electron chi connectivity index (χ2n) is 7.61. The zero-order chi connectivity index (χ0) is 22.3. The second kappa shape index (κ2) is 11.2. The standard InChI is InChI=1S/C23H27F3N2OS2/c1-27(22(30)31-17-28-14-5-6-15-28)16-13-21(18-7-3-2-4-8-18)29-20-11-9-19(10-12-20)23(24,25)26/h2-4,7-12,21H,5-6,13-17H2,1H3. The van der Waals surface area contributed by atoms with Gasteiger partial charge in [-0.25, -0.2) is 0 Å². The molecule has 1 fully saturated rings. The third kappa shape index (κ3) is 7.40. The van der Waals surface area contributed by atoms with Crippen LogP contribution in [-0.4, -0.2) is 46.7 Å². The number of benzene rings is 2. The highest BCUT2D eigenvalue weighted by atomic mass is 32.2. The number of thiocarbonyl (C=S) groups is 1. The average molecular weight is 469 g/mol. The van der Waals surface area contributed by atoms with Crippen molar-refractivity contribution in [2.75, 3.05) is 32.6 Å². The monoisotopic (exact) mass is 468 g/mol. The number of likely N-dealkylation sites (tertiary alicyclic amines) is 1. The molecule has 0 saturated carbocycles. The molecule has 1 saturated heterocycles. The van der Waals surface area contributed by atoms with Crippen LogP contribution in [0.15, 0.2) is 54.6 Å². The zero-order valence-electron chi connectivity index (χ0n) is 17.5. The lowest BCUT2D eigenvalue weighted by Gasteiger charge is -2.25. The topological polar surface area (TPSA) is 15.7 Å². The SMILES string of the molecule is CN(CCC(Oc1ccc(C(F)(F)F)cc1)c1ccccc1)C(=S)SCN1CCCC1. The summed E-state index contributed by atoms with van der Waals surface area (Å²) in [6, 6.07) is 14.6. The molecule has 1 unspecified atom stereocenters. The minimum atomic E-state index is -4.36. The molecular formula is C23H27F3N2OS2. The molecule has 1 aliphatic rings. The molecular weight excluding hydrogens is 441 g/mol. The third-order valence-corrected chi connectivity index (χ3v) is 6.96. The summed E-state index contributed by atoms with van der Waals surface area (Å²) in [7, 11) is 1.97. The van der Waals surface area contributed by atoms with Gasteiger partial charge in [-0.1, -0.05) is 54.3 Å². The van der Waals surface area contributed by atoms with Crippen molar-refractivity contribution in [3.05, 3.63) is 65.7 Å². The summed E-state index contributed by atoms with van der Waals surface area (Å²) in [5, 5.41) is 0. The van der Waals surface area contributed by atoms with Crippen molar-refractivity contribution >= 4 is 28.3 Å². The van der Waals surface area contributed by atoms with Crippen LogP contribution in [0.5, 0.6) is 5.75 Å². The maximum atomic E-state index is 12.8. The summed E-state index contributed by atoms with van der Waals surface area (Å²) in [5.41, 5.74) is 0.294. The Morgan fingerprint density at radius 2 is 1.74 bits per heavy atom.